The monoisotopic (exact) mass is 206 g/mol. The van der Waals surface area contributed by atoms with Gasteiger partial charge in [0.25, 0.3) is 0 Å². The lowest BCUT2D eigenvalue weighted by molar-refractivity contribution is -0.116. The van der Waals surface area contributed by atoms with E-state index in [0.29, 0.717) is 0 Å². The summed E-state index contributed by atoms with van der Waals surface area (Å²) in [6.45, 7) is 8.57. The molecule has 0 heterocycles. The van der Waals surface area contributed by atoms with E-state index in [1.807, 2.05) is 0 Å². The Morgan fingerprint density at radius 1 is 1.14 bits per heavy atom. The van der Waals surface area contributed by atoms with Crippen molar-refractivity contribution in [3.63, 3.8) is 0 Å². The maximum Gasteiger partial charge on any atom is 0.156 e. The summed E-state index contributed by atoms with van der Waals surface area (Å²) in [4.78, 5) is 9.90. The maximum absolute atomic E-state index is 9.90. The minimum absolute atomic E-state index is 0.0729. The van der Waals surface area contributed by atoms with Crippen molar-refractivity contribution in [2.75, 3.05) is 6.61 Å². The molecule has 0 saturated carbocycles. The highest BCUT2D eigenvalue weighted by Crippen LogP contribution is 2.15. The number of hydrogen-bond acceptors (Lipinski definition) is 4. The topological polar surface area (TPSA) is 77.8 Å². The van der Waals surface area contributed by atoms with E-state index in [4.69, 9.17) is 15.3 Å². The predicted octanol–water partition coefficient (Wildman–Crippen LogP) is 0.547. The molecular formula is C10H22O4. The van der Waals surface area contributed by atoms with Crippen LogP contribution in [0, 0.1) is 10.8 Å². The van der Waals surface area contributed by atoms with E-state index in [-0.39, 0.29) is 12.0 Å². The molecule has 3 N–H and O–H groups in total. The van der Waals surface area contributed by atoms with Crippen LogP contribution in [0.15, 0.2) is 0 Å². The van der Waals surface area contributed by atoms with Crippen LogP contribution in [0.2, 0.25) is 0 Å². The number of aliphatic hydroxyl groups is 3. The van der Waals surface area contributed by atoms with Crippen LogP contribution < -0.4 is 0 Å². The molecule has 0 amide bonds. The van der Waals surface area contributed by atoms with Crippen molar-refractivity contribution in [2.45, 2.75) is 40.9 Å². The smallest absolute Gasteiger partial charge is 0.156 e. The van der Waals surface area contributed by atoms with Crippen LogP contribution in [-0.4, -0.2) is 34.5 Å². The van der Waals surface area contributed by atoms with Gasteiger partial charge >= 0.3 is 0 Å². The second-order valence-corrected chi connectivity index (χ2v) is 5.00. The molecule has 0 aliphatic rings. The van der Waals surface area contributed by atoms with Crippen molar-refractivity contribution >= 4 is 6.29 Å². The minimum atomic E-state index is -1.20. The molecule has 0 fully saturated rings. The van der Waals surface area contributed by atoms with E-state index in [9.17, 15) is 4.79 Å². The lowest BCUT2D eigenvalue weighted by Gasteiger charge is -2.19. The van der Waals surface area contributed by atoms with Gasteiger partial charge in [0.2, 0.25) is 0 Å². The quantitative estimate of drug-likeness (QED) is 0.455. The van der Waals surface area contributed by atoms with Crippen LogP contribution in [0.25, 0.3) is 0 Å². The van der Waals surface area contributed by atoms with E-state index in [2.05, 4.69) is 0 Å². The molecule has 0 aromatic carbocycles. The van der Waals surface area contributed by atoms with Gasteiger partial charge in [0, 0.05) is 10.8 Å². The molecule has 0 radical (unpaired) electrons. The zero-order chi connectivity index (χ0) is 12.0. The van der Waals surface area contributed by atoms with Crippen molar-refractivity contribution < 1.29 is 20.1 Å². The van der Waals surface area contributed by atoms with Gasteiger partial charge in [-0.05, 0) is 0 Å². The maximum atomic E-state index is 9.90. The number of carbonyl (C=O) groups is 1. The van der Waals surface area contributed by atoms with Crippen molar-refractivity contribution in [3.8, 4) is 0 Å². The Labute approximate surface area is 85.6 Å². The standard InChI is InChI=1S/C5H12O2.C5H10O2/c1-5(2,3)4(6)7;1-5(2,3-6)4-7/h4,6-7H,1-3H3;3,7H,4H2,1-2H3. The Morgan fingerprint density at radius 3 is 1.43 bits per heavy atom. The van der Waals surface area contributed by atoms with Gasteiger partial charge in [-0.1, -0.05) is 34.6 Å². The lowest BCUT2D eigenvalue weighted by atomic mass is 9.96. The first-order valence-electron chi connectivity index (χ1n) is 4.50. The van der Waals surface area contributed by atoms with E-state index in [1.165, 1.54) is 0 Å². The number of hydrogen-bond donors (Lipinski definition) is 3. The molecule has 0 aliphatic carbocycles. The molecule has 0 atom stereocenters. The van der Waals surface area contributed by atoms with Crippen LogP contribution >= 0.6 is 0 Å². The van der Waals surface area contributed by atoms with Crippen LogP contribution in [0.1, 0.15) is 34.6 Å². The minimum Gasteiger partial charge on any atom is -0.395 e. The molecule has 0 unspecified atom stereocenters. The zero-order valence-electron chi connectivity index (χ0n) is 9.61. The average molecular weight is 206 g/mol. The molecule has 14 heavy (non-hydrogen) atoms. The summed E-state index contributed by atoms with van der Waals surface area (Å²) in [6.07, 6.45) is -0.458. The molecule has 0 saturated heterocycles. The Morgan fingerprint density at radius 2 is 1.43 bits per heavy atom. The average Bonchev–Trinajstić information content (AvgIpc) is 2.04. The van der Waals surface area contributed by atoms with Crippen LogP contribution in [-0.2, 0) is 4.79 Å². The fourth-order valence-electron chi connectivity index (χ4n) is 0.0373. The summed E-state index contributed by atoms with van der Waals surface area (Å²) in [5, 5.41) is 25.3. The Kier molecular flexibility index (Phi) is 6.98. The molecular weight excluding hydrogens is 184 g/mol. The Balaban J connectivity index is 0. The molecule has 0 aromatic rings. The second kappa shape index (κ2) is 6.11. The fourth-order valence-corrected chi connectivity index (χ4v) is 0.0373. The normalized spacial score (nSPS) is 12.1. The molecule has 0 spiro atoms. The zero-order valence-corrected chi connectivity index (χ0v) is 9.61. The summed E-state index contributed by atoms with van der Waals surface area (Å²) in [5.41, 5.74) is -0.931. The summed E-state index contributed by atoms with van der Waals surface area (Å²) in [7, 11) is 0. The molecule has 0 aliphatic heterocycles. The van der Waals surface area contributed by atoms with Gasteiger partial charge in [0.15, 0.2) is 6.29 Å². The van der Waals surface area contributed by atoms with Gasteiger partial charge in [0.1, 0.15) is 6.29 Å². The third-order valence-corrected chi connectivity index (χ3v) is 1.50. The largest absolute Gasteiger partial charge is 0.395 e. The van der Waals surface area contributed by atoms with Gasteiger partial charge in [-0.3, -0.25) is 0 Å². The van der Waals surface area contributed by atoms with Crippen LogP contribution in [0.3, 0.4) is 0 Å². The summed E-state index contributed by atoms with van der Waals surface area (Å²) < 4.78 is 0. The highest BCUT2D eigenvalue weighted by Gasteiger charge is 2.18. The lowest BCUT2D eigenvalue weighted by Crippen LogP contribution is -2.24. The molecule has 0 aromatic heterocycles. The first-order valence-corrected chi connectivity index (χ1v) is 4.50. The van der Waals surface area contributed by atoms with Gasteiger partial charge in [-0.25, -0.2) is 0 Å². The number of aliphatic hydroxyl groups excluding tert-OH is 2. The van der Waals surface area contributed by atoms with Crippen molar-refractivity contribution in [1.29, 1.82) is 0 Å². The van der Waals surface area contributed by atoms with Gasteiger partial charge in [-0.2, -0.15) is 0 Å². The van der Waals surface area contributed by atoms with E-state index < -0.39 is 11.7 Å². The van der Waals surface area contributed by atoms with Crippen LogP contribution in [0.5, 0.6) is 0 Å². The van der Waals surface area contributed by atoms with Crippen molar-refractivity contribution in [2.24, 2.45) is 10.8 Å². The molecule has 86 valence electrons. The third-order valence-electron chi connectivity index (χ3n) is 1.50. The molecule has 4 heteroatoms. The molecule has 0 rings (SSSR count). The van der Waals surface area contributed by atoms with Gasteiger partial charge < -0.3 is 20.1 Å². The van der Waals surface area contributed by atoms with E-state index in [0.717, 1.165) is 6.29 Å². The number of aldehydes is 1. The van der Waals surface area contributed by atoms with E-state index in [1.54, 1.807) is 34.6 Å². The van der Waals surface area contributed by atoms with Gasteiger partial charge in [0.05, 0.1) is 6.61 Å². The molecule has 4 nitrogen and oxygen atoms in total. The highest BCUT2D eigenvalue weighted by atomic mass is 16.5. The number of carbonyl (C=O) groups excluding carboxylic acids is 1. The Hall–Kier alpha value is -0.450. The summed E-state index contributed by atoms with van der Waals surface area (Å²) in [5.74, 6) is 0. The van der Waals surface area contributed by atoms with Gasteiger partial charge in [-0.15, -0.1) is 0 Å². The summed E-state index contributed by atoms with van der Waals surface area (Å²) >= 11 is 0. The predicted molar refractivity (Wildman–Crippen MR) is 54.6 cm³/mol. The van der Waals surface area contributed by atoms with Crippen molar-refractivity contribution in [3.05, 3.63) is 0 Å². The molecule has 0 bridgehead atoms. The number of rotatable bonds is 2. The Bertz CT molecular complexity index is 156. The third kappa shape index (κ3) is 9.64. The first kappa shape index (κ1) is 16.0. The van der Waals surface area contributed by atoms with Crippen LogP contribution in [0.4, 0.5) is 0 Å². The van der Waals surface area contributed by atoms with Crippen molar-refractivity contribution in [1.82, 2.24) is 0 Å². The SMILES string of the molecule is CC(C)(C)C(O)O.CC(C)(C=O)CO. The summed E-state index contributed by atoms with van der Waals surface area (Å²) in [6, 6.07) is 0. The first-order chi connectivity index (χ1) is 6.06. The highest BCUT2D eigenvalue weighted by molar-refractivity contribution is 5.57. The second-order valence-electron chi connectivity index (χ2n) is 5.00. The fraction of sp³-hybridized carbons (Fsp3) is 0.900. The van der Waals surface area contributed by atoms with E-state index >= 15 is 0 Å².